The van der Waals surface area contributed by atoms with Crippen LogP contribution in [0.5, 0.6) is 0 Å². The fraction of sp³-hybridized carbons (Fsp3) is 0.273. The predicted molar refractivity (Wildman–Crippen MR) is 52.5 cm³/mol. The standard InChI is InChI=1S/C11H16/c1-5-8-9-11(7-3)10(4)6-2/h5-10H,2-3H2,1,4H3/b8-5-,11-9-. The Morgan fingerprint density at radius 2 is 2.00 bits per heavy atom. The molecule has 0 aromatic rings. The van der Waals surface area contributed by atoms with Gasteiger partial charge in [0.2, 0.25) is 0 Å². The summed E-state index contributed by atoms with van der Waals surface area (Å²) < 4.78 is 0. The summed E-state index contributed by atoms with van der Waals surface area (Å²) >= 11 is 0. The molecule has 0 aliphatic rings. The van der Waals surface area contributed by atoms with Gasteiger partial charge in [-0.05, 0) is 18.4 Å². The summed E-state index contributed by atoms with van der Waals surface area (Å²) in [7, 11) is 0. The third-order valence-electron chi connectivity index (χ3n) is 1.60. The van der Waals surface area contributed by atoms with Crippen molar-refractivity contribution in [2.24, 2.45) is 5.92 Å². The lowest BCUT2D eigenvalue weighted by Gasteiger charge is -2.04. The summed E-state index contributed by atoms with van der Waals surface area (Å²) in [6.45, 7) is 11.6. The Balaban J connectivity index is 4.37. The molecule has 0 aromatic heterocycles. The van der Waals surface area contributed by atoms with Crippen LogP contribution in [0.4, 0.5) is 0 Å². The Bertz CT molecular complexity index is 182. The minimum Gasteiger partial charge on any atom is -0.102 e. The molecular formula is C11H16. The van der Waals surface area contributed by atoms with Crippen LogP contribution in [0.25, 0.3) is 0 Å². The molecule has 0 bridgehead atoms. The van der Waals surface area contributed by atoms with E-state index in [2.05, 4.69) is 26.2 Å². The summed E-state index contributed by atoms with van der Waals surface area (Å²) in [5.74, 6) is 0.392. The van der Waals surface area contributed by atoms with Crippen LogP contribution >= 0.6 is 0 Å². The maximum absolute atomic E-state index is 3.73. The maximum Gasteiger partial charge on any atom is -0.00133 e. The molecule has 0 aromatic carbocycles. The van der Waals surface area contributed by atoms with Crippen LogP contribution in [0.3, 0.4) is 0 Å². The monoisotopic (exact) mass is 148 g/mol. The topological polar surface area (TPSA) is 0 Å². The van der Waals surface area contributed by atoms with E-state index in [0.29, 0.717) is 5.92 Å². The van der Waals surface area contributed by atoms with Crippen LogP contribution in [0.2, 0.25) is 0 Å². The summed E-state index contributed by atoms with van der Waals surface area (Å²) in [5, 5.41) is 0. The zero-order chi connectivity index (χ0) is 8.69. The van der Waals surface area contributed by atoms with Gasteiger partial charge < -0.3 is 0 Å². The SMILES string of the molecule is C=C/C(=C/C=C\C)C(C)C=C. The van der Waals surface area contributed by atoms with E-state index in [-0.39, 0.29) is 0 Å². The van der Waals surface area contributed by atoms with Crippen molar-refractivity contribution >= 4 is 0 Å². The van der Waals surface area contributed by atoms with Crippen LogP contribution in [0.15, 0.2) is 49.1 Å². The highest BCUT2D eigenvalue weighted by atomic mass is 14.0. The fourth-order valence-corrected chi connectivity index (χ4v) is 0.749. The van der Waals surface area contributed by atoms with Crippen LogP contribution in [0, 0.1) is 5.92 Å². The van der Waals surface area contributed by atoms with Crippen LogP contribution in [-0.2, 0) is 0 Å². The molecule has 0 saturated heterocycles. The summed E-state index contributed by atoms with van der Waals surface area (Å²) in [6, 6.07) is 0. The molecule has 0 N–H and O–H groups in total. The summed E-state index contributed by atoms with van der Waals surface area (Å²) in [5.41, 5.74) is 1.21. The lowest BCUT2D eigenvalue weighted by atomic mass is 10.0. The van der Waals surface area contributed by atoms with E-state index in [1.165, 1.54) is 5.57 Å². The van der Waals surface area contributed by atoms with Gasteiger partial charge in [-0.3, -0.25) is 0 Å². The molecule has 1 unspecified atom stereocenters. The molecule has 0 nitrogen and oxygen atoms in total. The molecule has 0 spiro atoms. The van der Waals surface area contributed by atoms with Crippen molar-refractivity contribution in [3.63, 3.8) is 0 Å². The van der Waals surface area contributed by atoms with Crippen molar-refractivity contribution in [2.75, 3.05) is 0 Å². The molecular weight excluding hydrogens is 132 g/mol. The van der Waals surface area contributed by atoms with E-state index in [9.17, 15) is 0 Å². The molecule has 60 valence electrons. The van der Waals surface area contributed by atoms with E-state index in [0.717, 1.165) is 0 Å². The van der Waals surface area contributed by atoms with Gasteiger partial charge in [-0.15, -0.1) is 6.58 Å². The Kier molecular flexibility index (Phi) is 5.18. The Morgan fingerprint density at radius 1 is 1.36 bits per heavy atom. The fourth-order valence-electron chi connectivity index (χ4n) is 0.749. The minimum atomic E-state index is 0.392. The highest BCUT2D eigenvalue weighted by Crippen LogP contribution is 2.11. The Hall–Kier alpha value is -1.04. The number of allylic oxidation sites excluding steroid dienone is 6. The third-order valence-corrected chi connectivity index (χ3v) is 1.60. The molecule has 1 atom stereocenters. The quantitative estimate of drug-likeness (QED) is 0.423. The van der Waals surface area contributed by atoms with Gasteiger partial charge >= 0.3 is 0 Å². The summed E-state index contributed by atoms with van der Waals surface area (Å²) in [6.07, 6.45) is 9.85. The average Bonchev–Trinajstić information content (AvgIpc) is 2.05. The van der Waals surface area contributed by atoms with Gasteiger partial charge in [-0.25, -0.2) is 0 Å². The molecule has 0 aliphatic heterocycles. The van der Waals surface area contributed by atoms with E-state index in [1.807, 2.05) is 31.2 Å². The minimum absolute atomic E-state index is 0.392. The largest absolute Gasteiger partial charge is 0.102 e. The average molecular weight is 148 g/mol. The molecule has 0 aliphatic carbocycles. The molecule has 11 heavy (non-hydrogen) atoms. The predicted octanol–water partition coefficient (Wildman–Crippen LogP) is 3.50. The van der Waals surface area contributed by atoms with Gasteiger partial charge in [0.05, 0.1) is 0 Å². The normalized spacial score (nSPS) is 14.9. The molecule has 0 fully saturated rings. The molecule has 0 saturated carbocycles. The first-order valence-electron chi connectivity index (χ1n) is 3.84. The first kappa shape index (κ1) is 9.96. The smallest absolute Gasteiger partial charge is 0.00133 e. The molecule has 0 amide bonds. The second kappa shape index (κ2) is 5.72. The first-order chi connectivity index (χ1) is 5.26. The third kappa shape index (κ3) is 3.61. The van der Waals surface area contributed by atoms with Gasteiger partial charge in [0.1, 0.15) is 0 Å². The van der Waals surface area contributed by atoms with Crippen molar-refractivity contribution in [3.05, 3.63) is 49.1 Å². The Labute approximate surface area is 69.6 Å². The van der Waals surface area contributed by atoms with Crippen molar-refractivity contribution in [1.82, 2.24) is 0 Å². The number of rotatable bonds is 4. The van der Waals surface area contributed by atoms with Gasteiger partial charge in [0, 0.05) is 0 Å². The lowest BCUT2D eigenvalue weighted by Crippen LogP contribution is -1.90. The van der Waals surface area contributed by atoms with Gasteiger partial charge in [0.25, 0.3) is 0 Å². The van der Waals surface area contributed by atoms with Crippen molar-refractivity contribution in [2.45, 2.75) is 13.8 Å². The van der Waals surface area contributed by atoms with Gasteiger partial charge in [-0.1, -0.05) is 43.9 Å². The van der Waals surface area contributed by atoms with Crippen molar-refractivity contribution in [3.8, 4) is 0 Å². The number of hydrogen-bond acceptors (Lipinski definition) is 0. The maximum atomic E-state index is 3.73. The molecule has 0 heteroatoms. The van der Waals surface area contributed by atoms with Crippen LogP contribution in [-0.4, -0.2) is 0 Å². The molecule has 0 radical (unpaired) electrons. The van der Waals surface area contributed by atoms with Gasteiger partial charge in [0.15, 0.2) is 0 Å². The van der Waals surface area contributed by atoms with Crippen LogP contribution < -0.4 is 0 Å². The second-order valence-electron chi connectivity index (χ2n) is 2.42. The second-order valence-corrected chi connectivity index (χ2v) is 2.42. The van der Waals surface area contributed by atoms with E-state index < -0.39 is 0 Å². The zero-order valence-electron chi connectivity index (χ0n) is 7.38. The molecule has 0 heterocycles. The van der Waals surface area contributed by atoms with E-state index >= 15 is 0 Å². The highest BCUT2D eigenvalue weighted by molar-refractivity contribution is 5.26. The lowest BCUT2D eigenvalue weighted by molar-refractivity contribution is 0.895. The van der Waals surface area contributed by atoms with Crippen molar-refractivity contribution < 1.29 is 0 Å². The highest BCUT2D eigenvalue weighted by Gasteiger charge is 1.97. The van der Waals surface area contributed by atoms with Crippen molar-refractivity contribution in [1.29, 1.82) is 0 Å². The Morgan fingerprint density at radius 3 is 2.36 bits per heavy atom. The number of hydrogen-bond donors (Lipinski definition) is 0. The summed E-state index contributed by atoms with van der Waals surface area (Å²) in [4.78, 5) is 0. The molecule has 0 rings (SSSR count). The first-order valence-corrected chi connectivity index (χ1v) is 3.84. The van der Waals surface area contributed by atoms with E-state index in [1.54, 1.807) is 0 Å². The van der Waals surface area contributed by atoms with E-state index in [4.69, 9.17) is 0 Å². The van der Waals surface area contributed by atoms with Gasteiger partial charge in [-0.2, -0.15) is 0 Å². The zero-order valence-corrected chi connectivity index (χ0v) is 7.38. The van der Waals surface area contributed by atoms with Crippen LogP contribution in [0.1, 0.15) is 13.8 Å².